The molecule has 1 N–H and O–H groups in total. The fourth-order valence-corrected chi connectivity index (χ4v) is 2.70. The first-order chi connectivity index (χ1) is 10.5. The number of amides is 1. The van der Waals surface area contributed by atoms with E-state index in [1.807, 2.05) is 0 Å². The molecule has 1 amide bonds. The number of hydrogen-bond donors (Lipinski definition) is 1. The highest BCUT2D eigenvalue weighted by molar-refractivity contribution is 6.04. The smallest absolute Gasteiger partial charge is 0.339 e. The summed E-state index contributed by atoms with van der Waals surface area (Å²) < 4.78 is 5.49. The summed E-state index contributed by atoms with van der Waals surface area (Å²) >= 11 is 0. The second-order valence-corrected chi connectivity index (χ2v) is 5.39. The van der Waals surface area contributed by atoms with Crippen molar-refractivity contribution in [2.45, 2.75) is 19.4 Å². The van der Waals surface area contributed by atoms with Gasteiger partial charge >= 0.3 is 5.97 Å². The first-order valence-corrected chi connectivity index (χ1v) is 7.12. The highest BCUT2D eigenvalue weighted by Crippen LogP contribution is 2.20. The Bertz CT molecular complexity index is 796. The van der Waals surface area contributed by atoms with E-state index < -0.39 is 5.97 Å². The molecule has 1 fully saturated rings. The van der Waals surface area contributed by atoms with E-state index >= 15 is 0 Å². The normalized spacial score (nSPS) is 17.7. The van der Waals surface area contributed by atoms with Gasteiger partial charge in [0.1, 0.15) is 6.10 Å². The lowest BCUT2D eigenvalue weighted by Crippen LogP contribution is -2.28. The number of carbonyl (C=O) groups is 2. The number of nitrogens with zero attached hydrogens (tertiary/aromatic N) is 1. The van der Waals surface area contributed by atoms with Crippen molar-refractivity contribution >= 4 is 22.6 Å². The van der Waals surface area contributed by atoms with E-state index in [9.17, 15) is 14.4 Å². The summed E-state index contributed by atoms with van der Waals surface area (Å²) in [4.78, 5) is 39.2. The molecule has 2 aromatic rings. The summed E-state index contributed by atoms with van der Waals surface area (Å²) in [5, 5.41) is 1.34. The largest absolute Gasteiger partial charge is 0.457 e. The molecule has 1 aliphatic heterocycles. The third-order valence-corrected chi connectivity index (χ3v) is 3.87. The number of H-pyrrole nitrogens is 1. The van der Waals surface area contributed by atoms with E-state index in [0.29, 0.717) is 35.8 Å². The molecule has 0 saturated carbocycles. The number of pyridine rings is 1. The molecule has 1 aromatic carbocycles. The van der Waals surface area contributed by atoms with Crippen LogP contribution >= 0.6 is 0 Å². The lowest BCUT2D eigenvalue weighted by Gasteiger charge is -2.15. The van der Waals surface area contributed by atoms with Crippen molar-refractivity contribution in [2.24, 2.45) is 0 Å². The molecule has 0 unspecified atom stereocenters. The van der Waals surface area contributed by atoms with Gasteiger partial charge in [0.2, 0.25) is 11.5 Å². The number of fused-ring (bicyclic) bond motifs is 1. The van der Waals surface area contributed by atoms with E-state index in [4.69, 9.17) is 4.74 Å². The molecule has 1 atom stereocenters. The second-order valence-electron chi connectivity index (χ2n) is 5.39. The van der Waals surface area contributed by atoms with Gasteiger partial charge in [-0.15, -0.1) is 0 Å². The van der Waals surface area contributed by atoms with Gasteiger partial charge in [0.15, 0.2) is 0 Å². The Labute approximate surface area is 126 Å². The molecule has 22 heavy (non-hydrogen) atoms. The number of aromatic nitrogens is 1. The molecular weight excluding hydrogens is 284 g/mol. The highest BCUT2D eigenvalue weighted by Gasteiger charge is 2.27. The summed E-state index contributed by atoms with van der Waals surface area (Å²) in [6.45, 7) is 2.55. The fourth-order valence-electron chi connectivity index (χ4n) is 2.70. The maximum absolute atomic E-state index is 12.4. The van der Waals surface area contributed by atoms with Crippen LogP contribution < -0.4 is 5.56 Å². The topological polar surface area (TPSA) is 79.5 Å². The minimum Gasteiger partial charge on any atom is -0.457 e. The Morgan fingerprint density at radius 3 is 2.91 bits per heavy atom. The third-order valence-electron chi connectivity index (χ3n) is 3.87. The summed E-state index contributed by atoms with van der Waals surface area (Å²) in [5.74, 6) is -0.450. The minimum atomic E-state index is -0.437. The molecular formula is C16H16N2O4. The molecule has 0 aliphatic carbocycles. The van der Waals surface area contributed by atoms with Crippen LogP contribution in [0.2, 0.25) is 0 Å². The zero-order valence-electron chi connectivity index (χ0n) is 12.2. The van der Waals surface area contributed by atoms with E-state index in [1.54, 1.807) is 23.1 Å². The molecule has 0 spiro atoms. The van der Waals surface area contributed by atoms with Gasteiger partial charge in [0, 0.05) is 37.5 Å². The van der Waals surface area contributed by atoms with E-state index in [1.165, 1.54) is 19.2 Å². The molecule has 1 saturated heterocycles. The number of ether oxygens (including phenoxy) is 1. The highest BCUT2D eigenvalue weighted by atomic mass is 16.5. The Balaban J connectivity index is 1.81. The van der Waals surface area contributed by atoms with Crippen LogP contribution in [0.15, 0.2) is 35.3 Å². The summed E-state index contributed by atoms with van der Waals surface area (Å²) in [6, 6.07) is 6.60. The van der Waals surface area contributed by atoms with Crippen LogP contribution in [0.1, 0.15) is 23.7 Å². The number of carbonyl (C=O) groups excluding carboxylic acids is 2. The maximum Gasteiger partial charge on any atom is 0.339 e. The molecule has 6 heteroatoms. The van der Waals surface area contributed by atoms with Gasteiger partial charge in [0.25, 0.3) is 0 Å². The maximum atomic E-state index is 12.4. The summed E-state index contributed by atoms with van der Waals surface area (Å²) in [6.07, 6.45) is 1.88. The first-order valence-electron chi connectivity index (χ1n) is 7.12. The SMILES string of the molecule is CC(=O)N1CC[C@@H](OC(=O)c2cccc3cc(=O)[nH]cc23)C1. The van der Waals surface area contributed by atoms with Crippen molar-refractivity contribution in [1.29, 1.82) is 0 Å². The van der Waals surface area contributed by atoms with Crippen LogP contribution in [-0.4, -0.2) is 41.0 Å². The van der Waals surface area contributed by atoms with Gasteiger partial charge in [0.05, 0.1) is 12.1 Å². The van der Waals surface area contributed by atoms with Crippen LogP contribution in [0.4, 0.5) is 0 Å². The minimum absolute atomic E-state index is 0.0127. The summed E-state index contributed by atoms with van der Waals surface area (Å²) in [5.41, 5.74) is 0.195. The molecule has 6 nitrogen and oxygen atoms in total. The quantitative estimate of drug-likeness (QED) is 0.848. The monoisotopic (exact) mass is 300 g/mol. The Morgan fingerprint density at radius 2 is 2.18 bits per heavy atom. The Kier molecular flexibility index (Phi) is 3.66. The van der Waals surface area contributed by atoms with Gasteiger partial charge in [-0.2, -0.15) is 0 Å². The van der Waals surface area contributed by atoms with E-state index in [0.717, 1.165) is 0 Å². The van der Waals surface area contributed by atoms with Crippen LogP contribution in [0.5, 0.6) is 0 Å². The average molecular weight is 300 g/mol. The number of nitrogens with one attached hydrogen (secondary N) is 1. The molecule has 1 aliphatic rings. The Hall–Kier alpha value is -2.63. The van der Waals surface area contributed by atoms with Gasteiger partial charge in [-0.25, -0.2) is 4.79 Å². The van der Waals surface area contributed by atoms with Crippen LogP contribution in [0, 0.1) is 0 Å². The third kappa shape index (κ3) is 2.72. The van der Waals surface area contributed by atoms with Gasteiger partial charge in [-0.1, -0.05) is 12.1 Å². The molecule has 1 aromatic heterocycles. The standard InChI is InChI=1S/C16H16N2O4/c1-10(19)18-6-5-12(9-18)22-16(21)13-4-2-3-11-7-15(20)17-8-14(11)13/h2-4,7-8,12H,5-6,9H2,1H3,(H,17,20)/t12-/m1/s1. The van der Waals surface area contributed by atoms with E-state index in [-0.39, 0.29) is 17.6 Å². The fraction of sp³-hybridized carbons (Fsp3) is 0.312. The predicted octanol–water partition coefficient (Wildman–Crippen LogP) is 1.31. The van der Waals surface area contributed by atoms with Crippen LogP contribution in [0.3, 0.4) is 0 Å². The van der Waals surface area contributed by atoms with Crippen molar-refractivity contribution in [2.75, 3.05) is 13.1 Å². The number of esters is 1. The van der Waals surface area contributed by atoms with E-state index in [2.05, 4.69) is 4.98 Å². The number of aromatic amines is 1. The molecule has 0 bridgehead atoms. The lowest BCUT2D eigenvalue weighted by atomic mass is 10.1. The lowest BCUT2D eigenvalue weighted by molar-refractivity contribution is -0.128. The number of likely N-dealkylation sites (tertiary alicyclic amines) is 1. The van der Waals surface area contributed by atoms with Gasteiger partial charge in [-0.3, -0.25) is 9.59 Å². The zero-order chi connectivity index (χ0) is 15.7. The number of rotatable bonds is 2. The van der Waals surface area contributed by atoms with Crippen molar-refractivity contribution in [3.05, 3.63) is 46.4 Å². The first kappa shape index (κ1) is 14.3. The van der Waals surface area contributed by atoms with Crippen molar-refractivity contribution in [1.82, 2.24) is 9.88 Å². The van der Waals surface area contributed by atoms with Crippen LogP contribution in [-0.2, 0) is 9.53 Å². The van der Waals surface area contributed by atoms with Crippen molar-refractivity contribution in [3.63, 3.8) is 0 Å². The molecule has 0 radical (unpaired) electrons. The molecule has 3 rings (SSSR count). The Morgan fingerprint density at radius 1 is 1.36 bits per heavy atom. The van der Waals surface area contributed by atoms with Gasteiger partial charge < -0.3 is 14.6 Å². The molecule has 2 heterocycles. The zero-order valence-corrected chi connectivity index (χ0v) is 12.2. The summed E-state index contributed by atoms with van der Waals surface area (Å²) in [7, 11) is 0. The number of hydrogen-bond acceptors (Lipinski definition) is 4. The number of benzene rings is 1. The van der Waals surface area contributed by atoms with Crippen molar-refractivity contribution in [3.8, 4) is 0 Å². The van der Waals surface area contributed by atoms with Crippen LogP contribution in [0.25, 0.3) is 10.8 Å². The average Bonchev–Trinajstić information content (AvgIpc) is 2.95. The molecule has 114 valence electrons. The second kappa shape index (κ2) is 5.63. The van der Waals surface area contributed by atoms with Crippen molar-refractivity contribution < 1.29 is 14.3 Å². The van der Waals surface area contributed by atoms with Gasteiger partial charge in [-0.05, 0) is 11.5 Å². The predicted molar refractivity (Wildman–Crippen MR) is 80.6 cm³/mol.